The maximum absolute atomic E-state index is 13.5. The third-order valence-corrected chi connectivity index (χ3v) is 2.55. The van der Waals surface area contributed by atoms with E-state index in [0.29, 0.717) is 16.6 Å². The predicted molar refractivity (Wildman–Crippen MR) is 62.3 cm³/mol. The number of benzene rings is 1. The molecule has 0 aromatic heterocycles. The van der Waals surface area contributed by atoms with Gasteiger partial charge in [-0.3, -0.25) is 4.79 Å². The molecule has 0 aliphatic heterocycles. The smallest absolute Gasteiger partial charge is 0.307 e. The maximum atomic E-state index is 13.5. The summed E-state index contributed by atoms with van der Waals surface area (Å²) >= 11 is 3.15. The molecule has 0 amide bonds. The highest BCUT2D eigenvalue weighted by Crippen LogP contribution is 2.21. The number of hydrogen-bond acceptors (Lipinski definition) is 3. The number of rotatable bonds is 4. The molecular weight excluding hydrogens is 277 g/mol. The Bertz CT molecular complexity index is 384. The summed E-state index contributed by atoms with van der Waals surface area (Å²) in [7, 11) is 0. The van der Waals surface area contributed by atoms with Crippen LogP contribution in [0.25, 0.3) is 0 Å². The van der Waals surface area contributed by atoms with Gasteiger partial charge in [-0.2, -0.15) is 0 Å². The van der Waals surface area contributed by atoms with Crippen molar-refractivity contribution in [1.29, 1.82) is 0 Å². The minimum absolute atomic E-state index is 0.0214. The molecule has 1 aromatic carbocycles. The van der Waals surface area contributed by atoms with E-state index in [4.69, 9.17) is 10.5 Å². The van der Waals surface area contributed by atoms with E-state index in [2.05, 4.69) is 15.9 Å². The summed E-state index contributed by atoms with van der Waals surface area (Å²) in [6.45, 7) is 2.01. The van der Waals surface area contributed by atoms with Crippen molar-refractivity contribution < 1.29 is 13.9 Å². The Hall–Kier alpha value is -0.940. The largest absolute Gasteiger partial charge is 0.466 e. The van der Waals surface area contributed by atoms with Crippen LogP contribution >= 0.6 is 15.9 Å². The first-order valence-corrected chi connectivity index (χ1v) is 5.70. The van der Waals surface area contributed by atoms with Crippen LogP contribution in [0.1, 0.15) is 24.9 Å². The Morgan fingerprint density at radius 3 is 2.88 bits per heavy atom. The minimum Gasteiger partial charge on any atom is -0.466 e. The summed E-state index contributed by atoms with van der Waals surface area (Å²) in [5, 5.41) is 0. The lowest BCUT2D eigenvalue weighted by Gasteiger charge is -2.12. The second-order valence-electron chi connectivity index (χ2n) is 3.28. The van der Waals surface area contributed by atoms with Gasteiger partial charge in [0.2, 0.25) is 0 Å². The molecule has 0 spiro atoms. The molecule has 0 saturated carbocycles. The summed E-state index contributed by atoms with van der Waals surface area (Å²) in [6, 6.07) is 3.89. The van der Waals surface area contributed by atoms with Crippen molar-refractivity contribution in [1.82, 2.24) is 0 Å². The lowest BCUT2D eigenvalue weighted by molar-refractivity contribution is -0.143. The van der Waals surface area contributed by atoms with E-state index in [1.165, 1.54) is 6.07 Å². The van der Waals surface area contributed by atoms with Gasteiger partial charge in [-0.25, -0.2) is 4.39 Å². The van der Waals surface area contributed by atoms with Crippen molar-refractivity contribution >= 4 is 21.9 Å². The van der Waals surface area contributed by atoms with Gasteiger partial charge in [0.1, 0.15) is 5.82 Å². The number of halogens is 2. The molecule has 0 unspecified atom stereocenters. The standard InChI is InChI=1S/C11H13BrFNO2/c1-2-16-11(15)6-10(14)8-4-3-7(12)5-9(8)13/h3-5,10H,2,6,14H2,1H3/t10-/m0/s1. The number of hydrogen-bond donors (Lipinski definition) is 1. The van der Waals surface area contributed by atoms with E-state index in [9.17, 15) is 9.18 Å². The third kappa shape index (κ3) is 3.57. The molecule has 0 aliphatic rings. The molecule has 1 atom stereocenters. The SMILES string of the molecule is CCOC(=O)C[C@H](N)c1ccc(Br)cc1F. The highest BCUT2D eigenvalue weighted by molar-refractivity contribution is 9.10. The van der Waals surface area contributed by atoms with E-state index in [1.54, 1.807) is 19.1 Å². The summed E-state index contributed by atoms with van der Waals surface area (Å²) in [4.78, 5) is 11.2. The van der Waals surface area contributed by atoms with Gasteiger partial charge in [0.25, 0.3) is 0 Å². The lowest BCUT2D eigenvalue weighted by atomic mass is 10.0. The van der Waals surface area contributed by atoms with Crippen LogP contribution in [-0.4, -0.2) is 12.6 Å². The van der Waals surface area contributed by atoms with Crippen LogP contribution in [0.4, 0.5) is 4.39 Å². The van der Waals surface area contributed by atoms with Crippen molar-refractivity contribution in [3.8, 4) is 0 Å². The van der Waals surface area contributed by atoms with Gasteiger partial charge in [0, 0.05) is 16.1 Å². The van der Waals surface area contributed by atoms with Gasteiger partial charge >= 0.3 is 5.97 Å². The Kier molecular flexibility index (Phi) is 4.89. The maximum Gasteiger partial charge on any atom is 0.307 e. The van der Waals surface area contributed by atoms with Crippen LogP contribution < -0.4 is 5.73 Å². The van der Waals surface area contributed by atoms with Gasteiger partial charge in [-0.15, -0.1) is 0 Å². The number of esters is 1. The van der Waals surface area contributed by atoms with Crippen LogP contribution in [0.3, 0.4) is 0 Å². The normalized spacial score (nSPS) is 12.2. The van der Waals surface area contributed by atoms with E-state index < -0.39 is 17.8 Å². The topological polar surface area (TPSA) is 52.3 Å². The molecule has 0 aliphatic carbocycles. The van der Waals surface area contributed by atoms with Crippen molar-refractivity contribution in [2.75, 3.05) is 6.61 Å². The van der Waals surface area contributed by atoms with Crippen molar-refractivity contribution in [3.63, 3.8) is 0 Å². The highest BCUT2D eigenvalue weighted by Gasteiger charge is 2.16. The third-order valence-electron chi connectivity index (χ3n) is 2.05. The second-order valence-corrected chi connectivity index (χ2v) is 4.20. The molecule has 0 saturated heterocycles. The van der Waals surface area contributed by atoms with E-state index in [-0.39, 0.29) is 6.42 Å². The zero-order chi connectivity index (χ0) is 12.1. The molecule has 5 heteroatoms. The second kappa shape index (κ2) is 5.96. The Labute approximate surface area is 102 Å². The fourth-order valence-corrected chi connectivity index (χ4v) is 1.64. The monoisotopic (exact) mass is 289 g/mol. The molecule has 2 N–H and O–H groups in total. The quantitative estimate of drug-likeness (QED) is 0.867. The fourth-order valence-electron chi connectivity index (χ4n) is 1.31. The summed E-state index contributed by atoms with van der Waals surface area (Å²) in [6.07, 6.45) is -0.0214. The molecule has 0 heterocycles. The number of carbonyl (C=O) groups excluding carboxylic acids is 1. The molecule has 3 nitrogen and oxygen atoms in total. The zero-order valence-corrected chi connectivity index (χ0v) is 10.5. The summed E-state index contributed by atoms with van der Waals surface area (Å²) in [5.41, 5.74) is 6.04. The van der Waals surface area contributed by atoms with Crippen LogP contribution in [-0.2, 0) is 9.53 Å². The Balaban J connectivity index is 2.72. The summed E-state index contributed by atoms with van der Waals surface area (Å²) < 4.78 is 18.9. The van der Waals surface area contributed by atoms with E-state index in [0.717, 1.165) is 0 Å². The number of nitrogens with two attached hydrogens (primary N) is 1. The van der Waals surface area contributed by atoms with Crippen LogP contribution in [0.2, 0.25) is 0 Å². The molecule has 88 valence electrons. The van der Waals surface area contributed by atoms with Gasteiger partial charge in [-0.1, -0.05) is 22.0 Å². The van der Waals surface area contributed by atoms with E-state index in [1.807, 2.05) is 0 Å². The average Bonchev–Trinajstić information content (AvgIpc) is 2.17. The van der Waals surface area contributed by atoms with Crippen LogP contribution in [0, 0.1) is 5.82 Å². The Morgan fingerprint density at radius 2 is 2.31 bits per heavy atom. The molecule has 1 aromatic rings. The fraction of sp³-hybridized carbons (Fsp3) is 0.364. The first kappa shape index (κ1) is 13.1. The first-order valence-electron chi connectivity index (χ1n) is 4.90. The van der Waals surface area contributed by atoms with Gasteiger partial charge in [0.05, 0.1) is 13.0 Å². The summed E-state index contributed by atoms with van der Waals surface area (Å²) in [5.74, 6) is -0.844. The van der Waals surface area contributed by atoms with Crippen molar-refractivity contribution in [3.05, 3.63) is 34.1 Å². The number of carbonyl (C=O) groups is 1. The molecule has 0 radical (unpaired) electrons. The first-order chi connectivity index (χ1) is 7.54. The zero-order valence-electron chi connectivity index (χ0n) is 8.87. The molecule has 1 rings (SSSR count). The molecule has 0 bridgehead atoms. The molecule has 16 heavy (non-hydrogen) atoms. The van der Waals surface area contributed by atoms with Crippen LogP contribution in [0.5, 0.6) is 0 Å². The highest BCUT2D eigenvalue weighted by atomic mass is 79.9. The van der Waals surface area contributed by atoms with Gasteiger partial charge in [0.15, 0.2) is 0 Å². The average molecular weight is 290 g/mol. The minimum atomic E-state index is -0.674. The van der Waals surface area contributed by atoms with Crippen LogP contribution in [0.15, 0.2) is 22.7 Å². The van der Waals surface area contributed by atoms with Gasteiger partial charge in [-0.05, 0) is 19.1 Å². The van der Waals surface area contributed by atoms with Crippen molar-refractivity contribution in [2.45, 2.75) is 19.4 Å². The van der Waals surface area contributed by atoms with Crippen molar-refractivity contribution in [2.24, 2.45) is 5.73 Å². The molecule has 0 fully saturated rings. The Morgan fingerprint density at radius 1 is 1.62 bits per heavy atom. The van der Waals surface area contributed by atoms with E-state index >= 15 is 0 Å². The number of ether oxygens (including phenoxy) is 1. The lowest BCUT2D eigenvalue weighted by Crippen LogP contribution is -2.18. The predicted octanol–water partition coefficient (Wildman–Crippen LogP) is 2.54. The molecular formula is C11H13BrFNO2. The van der Waals surface area contributed by atoms with Gasteiger partial charge < -0.3 is 10.5 Å².